The van der Waals surface area contributed by atoms with Crippen molar-refractivity contribution in [2.45, 2.75) is 32.1 Å². The Morgan fingerprint density at radius 2 is 1.33 bits per heavy atom. The van der Waals surface area contributed by atoms with Crippen molar-refractivity contribution in [2.24, 2.45) is 5.41 Å². The minimum absolute atomic E-state index is 0.166. The van der Waals surface area contributed by atoms with Crippen LogP contribution >= 0.6 is 0 Å². The predicted molar refractivity (Wildman–Crippen MR) is 183 cm³/mol. The molecule has 6 nitrogen and oxygen atoms in total. The lowest BCUT2D eigenvalue weighted by molar-refractivity contribution is -0.143. The van der Waals surface area contributed by atoms with Crippen molar-refractivity contribution in [2.75, 3.05) is 25.6 Å². The maximum absolute atomic E-state index is 13.7. The number of anilines is 1. The molecule has 0 saturated heterocycles. The van der Waals surface area contributed by atoms with Gasteiger partial charge in [-0.15, -0.1) is 0 Å². The van der Waals surface area contributed by atoms with E-state index in [1.54, 1.807) is 12.1 Å². The van der Waals surface area contributed by atoms with E-state index in [4.69, 9.17) is 14.2 Å². The lowest BCUT2D eigenvalue weighted by Gasteiger charge is -2.50. The molecule has 0 amide bonds. The zero-order valence-electron chi connectivity index (χ0n) is 27.5. The van der Waals surface area contributed by atoms with Crippen molar-refractivity contribution < 1.29 is 28.2 Å². The standard InChI is InChI=1S/C41H36FNO5/c1-40(2,3)39(45)48-33-22-23-34(47-38(44)25-14-16-26(42)17-15-25)37-36(33)35-29-10-6-8-12-31(29)41(37,32-13-9-7-11-30(32)35)24-46-28-20-18-27(19-21-28)43(4)5/h6-23,35H,24H2,1-5H3. The van der Waals surface area contributed by atoms with Crippen molar-refractivity contribution in [3.8, 4) is 17.2 Å². The van der Waals surface area contributed by atoms with Gasteiger partial charge < -0.3 is 19.1 Å². The molecule has 242 valence electrons. The summed E-state index contributed by atoms with van der Waals surface area (Å²) < 4.78 is 32.8. The Kier molecular flexibility index (Phi) is 7.58. The average molecular weight is 642 g/mol. The Morgan fingerprint density at radius 1 is 0.750 bits per heavy atom. The molecule has 0 aliphatic heterocycles. The van der Waals surface area contributed by atoms with E-state index < -0.39 is 22.6 Å². The average Bonchev–Trinajstić information content (AvgIpc) is 3.08. The topological polar surface area (TPSA) is 65.1 Å². The molecule has 5 aromatic carbocycles. The van der Waals surface area contributed by atoms with Crippen molar-refractivity contribution in [1.82, 2.24) is 0 Å². The minimum Gasteiger partial charge on any atom is -0.492 e. The molecule has 5 aromatic rings. The Balaban J connectivity index is 1.46. The van der Waals surface area contributed by atoms with Crippen molar-refractivity contribution in [3.63, 3.8) is 0 Å². The molecule has 48 heavy (non-hydrogen) atoms. The zero-order chi connectivity index (χ0) is 33.8. The van der Waals surface area contributed by atoms with E-state index in [2.05, 4.69) is 24.3 Å². The quantitative estimate of drug-likeness (QED) is 0.132. The van der Waals surface area contributed by atoms with Crippen molar-refractivity contribution >= 4 is 17.6 Å². The summed E-state index contributed by atoms with van der Waals surface area (Å²) >= 11 is 0. The summed E-state index contributed by atoms with van der Waals surface area (Å²) in [5.74, 6) is -0.366. The summed E-state index contributed by atoms with van der Waals surface area (Å²) in [6, 6.07) is 33.0. The molecule has 0 saturated carbocycles. The van der Waals surface area contributed by atoms with Gasteiger partial charge in [-0.05, 0) is 104 Å². The van der Waals surface area contributed by atoms with E-state index >= 15 is 0 Å². The Hall–Kier alpha value is -5.43. The normalized spacial score (nSPS) is 17.1. The first-order valence-electron chi connectivity index (χ1n) is 16.0. The van der Waals surface area contributed by atoms with Crippen LogP contribution in [0.5, 0.6) is 17.2 Å². The number of halogens is 1. The van der Waals surface area contributed by atoms with Gasteiger partial charge in [-0.25, -0.2) is 9.18 Å². The van der Waals surface area contributed by atoms with Gasteiger partial charge in [0.1, 0.15) is 29.7 Å². The van der Waals surface area contributed by atoms with Gasteiger partial charge in [0.25, 0.3) is 0 Å². The minimum atomic E-state index is -0.958. The molecule has 8 rings (SSSR count). The molecule has 0 aromatic heterocycles. The van der Waals surface area contributed by atoms with Gasteiger partial charge >= 0.3 is 11.9 Å². The fourth-order valence-electron chi connectivity index (χ4n) is 6.91. The van der Waals surface area contributed by atoms with E-state index in [0.717, 1.165) is 33.5 Å². The highest BCUT2D eigenvalue weighted by Gasteiger charge is 2.55. The van der Waals surface area contributed by atoms with Crippen LogP contribution in [0.15, 0.2) is 109 Å². The van der Waals surface area contributed by atoms with Gasteiger partial charge in [-0.3, -0.25) is 4.79 Å². The highest BCUT2D eigenvalue weighted by molar-refractivity contribution is 5.92. The highest BCUT2D eigenvalue weighted by Crippen LogP contribution is 2.63. The van der Waals surface area contributed by atoms with Crippen LogP contribution in [-0.4, -0.2) is 32.6 Å². The maximum atomic E-state index is 13.7. The molecule has 0 radical (unpaired) electrons. The summed E-state index contributed by atoms with van der Waals surface area (Å²) in [4.78, 5) is 29.0. The number of nitrogens with zero attached hydrogens (tertiary/aromatic N) is 1. The third-order valence-electron chi connectivity index (χ3n) is 9.25. The van der Waals surface area contributed by atoms with E-state index in [1.165, 1.54) is 24.3 Å². The molecule has 0 spiro atoms. The van der Waals surface area contributed by atoms with Crippen LogP contribution in [0.3, 0.4) is 0 Å². The third-order valence-corrected chi connectivity index (χ3v) is 9.25. The SMILES string of the molecule is CN(C)c1ccc(OCC23c4ccccc4C(c4ccccc42)c2c(OC(=O)C(C)(C)C)ccc(OC(=O)c4ccc(F)cc4)c23)cc1. The molecule has 2 bridgehead atoms. The molecule has 0 atom stereocenters. The van der Waals surface area contributed by atoms with E-state index in [-0.39, 0.29) is 24.1 Å². The van der Waals surface area contributed by atoms with Gasteiger partial charge in [0, 0.05) is 36.8 Å². The molecule has 0 fully saturated rings. The largest absolute Gasteiger partial charge is 0.492 e. The number of benzene rings is 5. The fourth-order valence-corrected chi connectivity index (χ4v) is 6.91. The van der Waals surface area contributed by atoms with Crippen molar-refractivity contribution in [1.29, 1.82) is 0 Å². The Labute approximate surface area is 279 Å². The molecule has 0 N–H and O–H groups in total. The van der Waals surface area contributed by atoms with Gasteiger partial charge in [0.15, 0.2) is 0 Å². The number of ether oxygens (including phenoxy) is 3. The van der Waals surface area contributed by atoms with Crippen LogP contribution in [0.4, 0.5) is 10.1 Å². The van der Waals surface area contributed by atoms with Gasteiger partial charge in [-0.1, -0.05) is 48.5 Å². The van der Waals surface area contributed by atoms with Crippen LogP contribution in [0.1, 0.15) is 70.4 Å². The maximum Gasteiger partial charge on any atom is 0.343 e. The van der Waals surface area contributed by atoms with E-state index in [0.29, 0.717) is 22.8 Å². The molecular weight excluding hydrogens is 605 g/mol. The first kappa shape index (κ1) is 31.2. The first-order valence-corrected chi connectivity index (χ1v) is 16.0. The summed E-state index contributed by atoms with van der Waals surface area (Å²) in [5, 5.41) is 0. The molecular formula is C41H36FNO5. The lowest BCUT2D eigenvalue weighted by Crippen LogP contribution is -2.47. The van der Waals surface area contributed by atoms with Gasteiger partial charge in [0.2, 0.25) is 0 Å². The number of esters is 2. The number of carbonyl (C=O) groups excluding carboxylic acids is 2. The second-order valence-corrected chi connectivity index (χ2v) is 13.6. The van der Waals surface area contributed by atoms with Gasteiger partial charge in [0.05, 0.1) is 16.4 Å². The second kappa shape index (κ2) is 11.7. The van der Waals surface area contributed by atoms with Crippen LogP contribution in [0, 0.1) is 11.2 Å². The van der Waals surface area contributed by atoms with Crippen LogP contribution in [-0.2, 0) is 10.2 Å². The third kappa shape index (κ3) is 5.10. The number of rotatable bonds is 7. The Bertz CT molecular complexity index is 2000. The summed E-state index contributed by atoms with van der Waals surface area (Å²) in [5.41, 5.74) is 5.14. The number of carbonyl (C=O) groups is 2. The van der Waals surface area contributed by atoms with Gasteiger partial charge in [-0.2, -0.15) is 0 Å². The zero-order valence-corrected chi connectivity index (χ0v) is 27.5. The summed E-state index contributed by atoms with van der Waals surface area (Å²) in [6.45, 7) is 5.61. The number of hydrogen-bond acceptors (Lipinski definition) is 6. The molecule has 0 unspecified atom stereocenters. The molecule has 0 heterocycles. The summed E-state index contributed by atoms with van der Waals surface area (Å²) in [7, 11) is 3.97. The van der Waals surface area contributed by atoms with Crippen LogP contribution in [0.2, 0.25) is 0 Å². The van der Waals surface area contributed by atoms with Crippen LogP contribution in [0.25, 0.3) is 0 Å². The smallest absolute Gasteiger partial charge is 0.343 e. The molecule has 3 aliphatic carbocycles. The summed E-state index contributed by atoms with van der Waals surface area (Å²) in [6.07, 6.45) is 0. The molecule has 7 heteroatoms. The number of hydrogen-bond donors (Lipinski definition) is 0. The molecule has 3 aliphatic rings. The van der Waals surface area contributed by atoms with E-state index in [9.17, 15) is 14.0 Å². The fraction of sp³-hybridized carbons (Fsp3) is 0.220. The highest BCUT2D eigenvalue weighted by atomic mass is 19.1. The Morgan fingerprint density at radius 3 is 1.92 bits per heavy atom. The first-order chi connectivity index (χ1) is 23.0. The monoisotopic (exact) mass is 641 g/mol. The van der Waals surface area contributed by atoms with Crippen LogP contribution < -0.4 is 19.1 Å². The predicted octanol–water partition coefficient (Wildman–Crippen LogP) is 8.28. The van der Waals surface area contributed by atoms with Crippen molar-refractivity contribution in [3.05, 3.63) is 154 Å². The van der Waals surface area contributed by atoms with E-state index in [1.807, 2.05) is 88.3 Å². The lowest BCUT2D eigenvalue weighted by atomic mass is 9.53. The second-order valence-electron chi connectivity index (χ2n) is 13.6.